The van der Waals surface area contributed by atoms with Gasteiger partial charge in [0.05, 0.1) is 0 Å². The van der Waals surface area contributed by atoms with Crippen LogP contribution in [-0.4, -0.2) is 63.6 Å². The fourth-order valence-corrected chi connectivity index (χ4v) is 2.50. The Hall–Kier alpha value is -1.81. The number of thioether (sulfide) groups is 1. The third-order valence-corrected chi connectivity index (χ3v) is 4.06. The molecule has 0 aliphatic heterocycles. The van der Waals surface area contributed by atoms with E-state index in [9.17, 15) is 19.2 Å². The normalized spacial score (nSPS) is 13.2. The lowest BCUT2D eigenvalue weighted by molar-refractivity contribution is -0.139. The number of hydrogen-bond acceptors (Lipinski definition) is 6. The molecule has 0 heterocycles. The lowest BCUT2D eigenvalue weighted by atomic mass is 10.1. The predicted molar refractivity (Wildman–Crippen MR) is 89.6 cm³/mol. The van der Waals surface area contributed by atoms with E-state index in [0.29, 0.717) is 17.4 Å². The van der Waals surface area contributed by atoms with Gasteiger partial charge in [0.25, 0.3) is 0 Å². The van der Waals surface area contributed by atoms with Gasteiger partial charge < -0.3 is 26.6 Å². The first-order valence-electron chi connectivity index (χ1n) is 7.52. The van der Waals surface area contributed by atoms with E-state index in [2.05, 4.69) is 10.6 Å². The number of rotatable bonds is 12. The zero-order valence-corrected chi connectivity index (χ0v) is 14.6. The van der Waals surface area contributed by atoms with E-state index >= 15 is 0 Å². The van der Waals surface area contributed by atoms with E-state index < -0.39 is 42.4 Å². The molecule has 138 valence electrons. The topological polar surface area (TPSA) is 159 Å². The maximum Gasteiger partial charge on any atom is 0.322 e. The molecule has 0 aromatic carbocycles. The van der Waals surface area contributed by atoms with Crippen molar-refractivity contribution < 1.29 is 29.4 Å². The van der Waals surface area contributed by atoms with Crippen LogP contribution in [-0.2, 0) is 19.2 Å². The Morgan fingerprint density at radius 2 is 1.75 bits per heavy atom. The molecule has 2 atom stereocenters. The molecule has 0 bridgehead atoms. The summed E-state index contributed by atoms with van der Waals surface area (Å²) in [6.45, 7) is 3.46. The Labute approximate surface area is 144 Å². The van der Waals surface area contributed by atoms with Crippen LogP contribution < -0.4 is 16.4 Å². The third-order valence-electron chi connectivity index (χ3n) is 2.92. The number of aliphatic carboxylic acids is 2. The first-order valence-corrected chi connectivity index (χ1v) is 8.57. The molecule has 6 N–H and O–H groups in total. The maximum atomic E-state index is 12.0. The summed E-state index contributed by atoms with van der Waals surface area (Å²) < 4.78 is 0. The fraction of sp³-hybridized carbons (Fsp3) is 0.714. The van der Waals surface area contributed by atoms with Gasteiger partial charge in [0, 0.05) is 6.42 Å². The van der Waals surface area contributed by atoms with Crippen molar-refractivity contribution in [3.8, 4) is 0 Å². The van der Waals surface area contributed by atoms with Crippen molar-refractivity contribution in [2.75, 3.05) is 12.3 Å². The molecule has 0 aliphatic carbocycles. The summed E-state index contributed by atoms with van der Waals surface area (Å²) in [5.74, 6) is -2.86. The minimum atomic E-state index is -1.20. The fourth-order valence-electron chi connectivity index (χ4n) is 1.65. The van der Waals surface area contributed by atoms with Crippen LogP contribution in [0.15, 0.2) is 0 Å². The summed E-state index contributed by atoms with van der Waals surface area (Å²) in [6.07, 6.45) is 0.157. The zero-order chi connectivity index (χ0) is 18.7. The monoisotopic (exact) mass is 363 g/mol. The summed E-state index contributed by atoms with van der Waals surface area (Å²) in [6, 6.07) is -2.02. The molecule has 0 radical (unpaired) electrons. The summed E-state index contributed by atoms with van der Waals surface area (Å²) in [7, 11) is 0. The van der Waals surface area contributed by atoms with Gasteiger partial charge in [0.2, 0.25) is 11.8 Å². The number of nitrogens with two attached hydrogens (primary N) is 1. The highest BCUT2D eigenvalue weighted by molar-refractivity contribution is 7.99. The van der Waals surface area contributed by atoms with Crippen molar-refractivity contribution >= 4 is 35.5 Å². The van der Waals surface area contributed by atoms with Crippen LogP contribution in [0.3, 0.4) is 0 Å². The van der Waals surface area contributed by atoms with Crippen molar-refractivity contribution in [1.29, 1.82) is 0 Å². The van der Waals surface area contributed by atoms with Gasteiger partial charge in [0.15, 0.2) is 0 Å². The van der Waals surface area contributed by atoms with Crippen LogP contribution in [0.4, 0.5) is 0 Å². The summed E-state index contributed by atoms with van der Waals surface area (Å²) in [4.78, 5) is 45.0. The molecule has 0 aliphatic rings. The first-order chi connectivity index (χ1) is 11.1. The van der Waals surface area contributed by atoms with E-state index in [1.807, 2.05) is 13.8 Å². The van der Waals surface area contributed by atoms with Gasteiger partial charge in [-0.2, -0.15) is 11.8 Å². The Balaban J connectivity index is 4.55. The lowest BCUT2D eigenvalue weighted by Crippen LogP contribution is -2.48. The molecule has 0 fully saturated rings. The Morgan fingerprint density at radius 1 is 1.12 bits per heavy atom. The molecule has 0 saturated heterocycles. The minimum Gasteiger partial charge on any atom is -0.480 e. The van der Waals surface area contributed by atoms with Crippen molar-refractivity contribution in [3.63, 3.8) is 0 Å². The number of carbonyl (C=O) groups is 4. The largest absolute Gasteiger partial charge is 0.480 e. The van der Waals surface area contributed by atoms with E-state index in [1.54, 1.807) is 11.8 Å². The third kappa shape index (κ3) is 10.8. The quantitative estimate of drug-likeness (QED) is 0.307. The number of carbonyl (C=O) groups excluding carboxylic acids is 2. The molecule has 2 amide bonds. The summed E-state index contributed by atoms with van der Waals surface area (Å²) in [5, 5.41) is 22.4. The van der Waals surface area contributed by atoms with Gasteiger partial charge >= 0.3 is 11.9 Å². The molecular formula is C14H25N3O6S. The molecule has 24 heavy (non-hydrogen) atoms. The first kappa shape index (κ1) is 22.2. The smallest absolute Gasteiger partial charge is 0.322 e. The average Bonchev–Trinajstić information content (AvgIpc) is 2.48. The van der Waals surface area contributed by atoms with Gasteiger partial charge in [-0.15, -0.1) is 0 Å². The molecule has 0 spiro atoms. The summed E-state index contributed by atoms with van der Waals surface area (Å²) >= 11 is 1.61. The van der Waals surface area contributed by atoms with Crippen molar-refractivity contribution in [2.24, 2.45) is 5.73 Å². The molecule has 0 saturated carbocycles. The molecular weight excluding hydrogens is 338 g/mol. The number of amides is 2. The number of nitrogens with one attached hydrogen (secondary N) is 2. The minimum absolute atomic E-state index is 0.0502. The van der Waals surface area contributed by atoms with Crippen molar-refractivity contribution in [3.05, 3.63) is 0 Å². The van der Waals surface area contributed by atoms with Gasteiger partial charge in [-0.1, -0.05) is 13.8 Å². The Bertz CT molecular complexity index is 458. The molecule has 0 rings (SSSR count). The van der Waals surface area contributed by atoms with Crippen LogP contribution in [0.2, 0.25) is 0 Å². The van der Waals surface area contributed by atoms with E-state index in [-0.39, 0.29) is 12.8 Å². The van der Waals surface area contributed by atoms with Crippen molar-refractivity contribution in [2.45, 2.75) is 50.4 Å². The van der Waals surface area contributed by atoms with E-state index in [4.69, 9.17) is 15.9 Å². The van der Waals surface area contributed by atoms with Crippen LogP contribution in [0.5, 0.6) is 0 Å². The molecule has 0 aromatic rings. The zero-order valence-electron chi connectivity index (χ0n) is 13.8. The van der Waals surface area contributed by atoms with Gasteiger partial charge in [-0.25, -0.2) is 0 Å². The number of hydrogen-bond donors (Lipinski definition) is 5. The van der Waals surface area contributed by atoms with E-state index in [1.165, 1.54) is 0 Å². The van der Waals surface area contributed by atoms with Crippen LogP contribution in [0, 0.1) is 0 Å². The molecule has 0 unspecified atom stereocenters. The number of carboxylic acid groups (broad SMARTS) is 2. The van der Waals surface area contributed by atoms with E-state index in [0.717, 1.165) is 0 Å². The highest BCUT2D eigenvalue weighted by atomic mass is 32.2. The van der Waals surface area contributed by atoms with Crippen LogP contribution in [0.25, 0.3) is 0 Å². The highest BCUT2D eigenvalue weighted by Gasteiger charge is 2.22. The van der Waals surface area contributed by atoms with Gasteiger partial charge in [0.1, 0.15) is 18.6 Å². The summed E-state index contributed by atoms with van der Waals surface area (Å²) in [5.41, 5.74) is 5.32. The molecule has 0 aromatic heterocycles. The Kier molecular flexibility index (Phi) is 10.8. The predicted octanol–water partition coefficient (Wildman–Crippen LogP) is -0.604. The standard InChI is InChI=1S/C14H25N3O6S/c1-8(2)24-6-5-10(13(21)16-7-12(19)20)17-11(18)4-3-9(15)14(22)23/h8-10H,3-7,15H2,1-2H3,(H,16,21)(H,17,18)(H,19,20)(H,22,23)/t9-,10-/m0/s1. The molecule has 9 nitrogen and oxygen atoms in total. The Morgan fingerprint density at radius 3 is 2.25 bits per heavy atom. The van der Waals surface area contributed by atoms with Gasteiger partial charge in [-0.3, -0.25) is 19.2 Å². The second-order valence-corrected chi connectivity index (χ2v) is 7.11. The number of carboxylic acids is 2. The van der Waals surface area contributed by atoms with Crippen LogP contribution >= 0.6 is 11.8 Å². The second kappa shape index (κ2) is 11.7. The van der Waals surface area contributed by atoms with Crippen LogP contribution in [0.1, 0.15) is 33.1 Å². The maximum absolute atomic E-state index is 12.0. The molecule has 10 heteroatoms. The highest BCUT2D eigenvalue weighted by Crippen LogP contribution is 2.12. The lowest BCUT2D eigenvalue weighted by Gasteiger charge is -2.18. The average molecular weight is 363 g/mol. The van der Waals surface area contributed by atoms with Crippen molar-refractivity contribution in [1.82, 2.24) is 10.6 Å². The van der Waals surface area contributed by atoms with Gasteiger partial charge in [-0.05, 0) is 23.8 Å². The second-order valence-electron chi connectivity index (χ2n) is 5.42. The SMILES string of the molecule is CC(C)SCC[C@H](NC(=O)CC[C@H](N)C(=O)O)C(=O)NCC(=O)O.